The molecule has 0 spiro atoms. The van der Waals surface area contributed by atoms with E-state index in [0.29, 0.717) is 36.7 Å². The monoisotopic (exact) mass is 342 g/mol. The maximum Gasteiger partial charge on any atom is 0.321 e. The molecule has 1 aromatic carbocycles. The SMILES string of the molecule is NC(=O)CC1CCCN(C(=O)Nc2ccc3nc(C4CC4)oc3c2)C1. The van der Waals surface area contributed by atoms with Crippen LogP contribution >= 0.6 is 0 Å². The lowest BCUT2D eigenvalue weighted by Gasteiger charge is -2.32. The van der Waals surface area contributed by atoms with E-state index in [-0.39, 0.29) is 17.9 Å². The number of carbonyl (C=O) groups is 2. The minimum absolute atomic E-state index is 0.148. The number of nitrogens with two attached hydrogens (primary N) is 1. The van der Waals surface area contributed by atoms with E-state index in [2.05, 4.69) is 10.3 Å². The highest BCUT2D eigenvalue weighted by Crippen LogP contribution is 2.40. The second-order valence-corrected chi connectivity index (χ2v) is 7.06. The molecule has 1 saturated heterocycles. The minimum Gasteiger partial charge on any atom is -0.440 e. The third kappa shape index (κ3) is 3.60. The fraction of sp³-hybridized carbons (Fsp3) is 0.500. The Labute approximate surface area is 145 Å². The predicted octanol–water partition coefficient (Wildman–Crippen LogP) is 2.82. The van der Waals surface area contributed by atoms with Crippen molar-refractivity contribution in [3.63, 3.8) is 0 Å². The molecule has 7 nitrogen and oxygen atoms in total. The van der Waals surface area contributed by atoms with Crippen molar-refractivity contribution in [3.05, 3.63) is 24.1 Å². The molecule has 2 aliphatic rings. The normalized spacial score (nSPS) is 20.6. The number of anilines is 1. The van der Waals surface area contributed by atoms with Crippen molar-refractivity contribution in [1.29, 1.82) is 0 Å². The number of aromatic nitrogens is 1. The predicted molar refractivity (Wildman–Crippen MR) is 93.1 cm³/mol. The van der Waals surface area contributed by atoms with E-state index >= 15 is 0 Å². The summed E-state index contributed by atoms with van der Waals surface area (Å²) in [6.07, 6.45) is 4.42. The Bertz CT molecular complexity index is 812. The molecule has 25 heavy (non-hydrogen) atoms. The summed E-state index contributed by atoms with van der Waals surface area (Å²) in [5.41, 5.74) is 7.48. The van der Waals surface area contributed by atoms with Gasteiger partial charge in [0.05, 0.1) is 0 Å². The number of urea groups is 1. The van der Waals surface area contributed by atoms with Crippen molar-refractivity contribution < 1.29 is 14.0 Å². The summed E-state index contributed by atoms with van der Waals surface area (Å²) in [5.74, 6) is 1.09. The van der Waals surface area contributed by atoms with Gasteiger partial charge in [-0.1, -0.05) is 0 Å². The van der Waals surface area contributed by atoms with Crippen molar-refractivity contribution in [1.82, 2.24) is 9.88 Å². The van der Waals surface area contributed by atoms with Crippen molar-refractivity contribution in [2.24, 2.45) is 11.7 Å². The number of nitrogens with one attached hydrogen (secondary N) is 1. The molecular weight excluding hydrogens is 320 g/mol. The average molecular weight is 342 g/mol. The molecule has 1 aliphatic heterocycles. The maximum absolute atomic E-state index is 12.5. The number of amides is 3. The lowest BCUT2D eigenvalue weighted by molar-refractivity contribution is -0.119. The van der Waals surface area contributed by atoms with Crippen LogP contribution in [0.4, 0.5) is 10.5 Å². The van der Waals surface area contributed by atoms with Crippen molar-refractivity contribution >= 4 is 28.7 Å². The summed E-state index contributed by atoms with van der Waals surface area (Å²) in [4.78, 5) is 29.8. The van der Waals surface area contributed by atoms with Gasteiger partial charge in [-0.25, -0.2) is 9.78 Å². The van der Waals surface area contributed by atoms with Crippen molar-refractivity contribution in [2.75, 3.05) is 18.4 Å². The van der Waals surface area contributed by atoms with Gasteiger partial charge in [0, 0.05) is 37.2 Å². The molecule has 2 heterocycles. The second-order valence-electron chi connectivity index (χ2n) is 7.06. The van der Waals surface area contributed by atoms with E-state index in [1.165, 1.54) is 0 Å². The van der Waals surface area contributed by atoms with Gasteiger partial charge in [-0.2, -0.15) is 0 Å². The third-order valence-electron chi connectivity index (χ3n) is 4.88. The quantitative estimate of drug-likeness (QED) is 0.892. The number of piperidine rings is 1. The van der Waals surface area contributed by atoms with Crippen LogP contribution in [0, 0.1) is 5.92 Å². The maximum atomic E-state index is 12.5. The Morgan fingerprint density at radius 3 is 2.92 bits per heavy atom. The Kier molecular flexibility index (Phi) is 4.07. The summed E-state index contributed by atoms with van der Waals surface area (Å²) in [7, 11) is 0. The summed E-state index contributed by atoms with van der Waals surface area (Å²) in [6.45, 7) is 1.25. The van der Waals surface area contributed by atoms with Crippen LogP contribution in [0.15, 0.2) is 22.6 Å². The zero-order valence-electron chi connectivity index (χ0n) is 14.0. The zero-order chi connectivity index (χ0) is 17.4. The van der Waals surface area contributed by atoms with Gasteiger partial charge in [-0.05, 0) is 43.7 Å². The number of fused-ring (bicyclic) bond motifs is 1. The van der Waals surface area contributed by atoms with E-state index in [1.807, 2.05) is 18.2 Å². The van der Waals surface area contributed by atoms with E-state index in [0.717, 1.165) is 37.1 Å². The van der Waals surface area contributed by atoms with Crippen LogP contribution in [-0.2, 0) is 4.79 Å². The fourth-order valence-electron chi connectivity index (χ4n) is 3.43. The lowest BCUT2D eigenvalue weighted by Crippen LogP contribution is -2.43. The standard InChI is InChI=1S/C18H22N4O3/c19-16(23)8-11-2-1-7-22(10-11)18(24)20-13-5-6-14-15(9-13)25-17(21-14)12-3-4-12/h5-6,9,11-12H,1-4,7-8,10H2,(H2,19,23)(H,20,24). The molecule has 4 rings (SSSR count). The van der Waals surface area contributed by atoms with Gasteiger partial charge in [0.15, 0.2) is 11.5 Å². The topological polar surface area (TPSA) is 101 Å². The number of primary amides is 1. The van der Waals surface area contributed by atoms with Crippen LogP contribution in [0.5, 0.6) is 0 Å². The van der Waals surface area contributed by atoms with E-state index in [4.69, 9.17) is 10.2 Å². The average Bonchev–Trinajstić information content (AvgIpc) is 3.34. The number of hydrogen-bond donors (Lipinski definition) is 2. The third-order valence-corrected chi connectivity index (χ3v) is 4.88. The van der Waals surface area contributed by atoms with Gasteiger partial charge in [0.2, 0.25) is 5.91 Å². The second kappa shape index (κ2) is 6.38. The molecule has 1 saturated carbocycles. The van der Waals surface area contributed by atoms with Crippen molar-refractivity contribution in [2.45, 2.75) is 38.0 Å². The highest BCUT2D eigenvalue weighted by Gasteiger charge is 2.29. The summed E-state index contributed by atoms with van der Waals surface area (Å²) >= 11 is 0. The van der Waals surface area contributed by atoms with Crippen LogP contribution in [0.1, 0.15) is 43.9 Å². The van der Waals surface area contributed by atoms with E-state index in [9.17, 15) is 9.59 Å². The number of benzene rings is 1. The molecule has 0 bridgehead atoms. The smallest absolute Gasteiger partial charge is 0.321 e. The molecule has 2 aromatic rings. The first-order valence-electron chi connectivity index (χ1n) is 8.83. The largest absolute Gasteiger partial charge is 0.440 e. The van der Waals surface area contributed by atoms with Crippen LogP contribution in [0.2, 0.25) is 0 Å². The first-order valence-corrected chi connectivity index (χ1v) is 8.83. The van der Waals surface area contributed by atoms with Gasteiger partial charge < -0.3 is 20.4 Å². The van der Waals surface area contributed by atoms with Crippen LogP contribution in [-0.4, -0.2) is 34.9 Å². The number of hydrogen-bond acceptors (Lipinski definition) is 4. The van der Waals surface area contributed by atoms with E-state index < -0.39 is 0 Å². The molecule has 1 unspecified atom stereocenters. The molecular formula is C18H22N4O3. The van der Waals surface area contributed by atoms with Crippen LogP contribution in [0.3, 0.4) is 0 Å². The lowest BCUT2D eigenvalue weighted by atomic mass is 9.95. The number of likely N-dealkylation sites (tertiary alicyclic amines) is 1. The van der Waals surface area contributed by atoms with Gasteiger partial charge in [0.1, 0.15) is 5.52 Å². The van der Waals surface area contributed by atoms with Gasteiger partial charge in [-0.15, -0.1) is 0 Å². The highest BCUT2D eigenvalue weighted by atomic mass is 16.3. The summed E-state index contributed by atoms with van der Waals surface area (Å²) in [5, 5.41) is 2.91. The molecule has 3 amide bonds. The zero-order valence-corrected chi connectivity index (χ0v) is 14.0. The first kappa shape index (κ1) is 15.9. The first-order chi connectivity index (χ1) is 12.1. The van der Waals surface area contributed by atoms with Crippen LogP contribution in [0.25, 0.3) is 11.1 Å². The molecule has 7 heteroatoms. The van der Waals surface area contributed by atoms with Gasteiger partial charge in [0.25, 0.3) is 0 Å². The molecule has 3 N–H and O–H groups in total. The molecule has 2 fully saturated rings. The minimum atomic E-state index is -0.311. The molecule has 0 radical (unpaired) electrons. The molecule has 1 aliphatic carbocycles. The summed E-state index contributed by atoms with van der Waals surface area (Å²) < 4.78 is 5.79. The number of rotatable bonds is 4. The number of nitrogens with zero attached hydrogens (tertiary/aromatic N) is 2. The molecule has 1 atom stereocenters. The van der Waals surface area contributed by atoms with E-state index in [1.54, 1.807) is 4.90 Å². The highest BCUT2D eigenvalue weighted by molar-refractivity contribution is 5.91. The van der Waals surface area contributed by atoms with Crippen LogP contribution < -0.4 is 11.1 Å². The molecule has 132 valence electrons. The molecule has 1 aromatic heterocycles. The van der Waals surface area contributed by atoms with Crippen molar-refractivity contribution in [3.8, 4) is 0 Å². The number of carbonyl (C=O) groups excluding carboxylic acids is 2. The number of oxazole rings is 1. The Morgan fingerprint density at radius 1 is 1.32 bits per heavy atom. The van der Waals surface area contributed by atoms with Gasteiger partial charge in [-0.3, -0.25) is 4.79 Å². The Hall–Kier alpha value is -2.57. The fourth-order valence-corrected chi connectivity index (χ4v) is 3.43. The van der Waals surface area contributed by atoms with Gasteiger partial charge >= 0.3 is 6.03 Å². The summed E-state index contributed by atoms with van der Waals surface area (Å²) in [6, 6.07) is 5.36. The Morgan fingerprint density at radius 2 is 2.16 bits per heavy atom. The Balaban J connectivity index is 1.42.